The number of carbonyl (C=O) groups is 1. The summed E-state index contributed by atoms with van der Waals surface area (Å²) < 4.78 is 0. The van der Waals surface area contributed by atoms with Gasteiger partial charge >= 0.3 is 0 Å². The van der Waals surface area contributed by atoms with Crippen molar-refractivity contribution in [2.45, 2.75) is 19.4 Å². The van der Waals surface area contributed by atoms with Crippen molar-refractivity contribution in [2.75, 3.05) is 0 Å². The fourth-order valence-electron chi connectivity index (χ4n) is 1.69. The average Bonchev–Trinajstić information content (AvgIpc) is 2.82. The van der Waals surface area contributed by atoms with Gasteiger partial charge in [-0.25, -0.2) is 0 Å². The molecule has 0 spiro atoms. The molecule has 1 N–H and O–H groups in total. The van der Waals surface area contributed by atoms with E-state index in [1.807, 2.05) is 18.4 Å². The Balaban J connectivity index is 1.92. The number of hydrogen-bond donors (Lipinski definition) is 1. The van der Waals surface area contributed by atoms with Crippen LogP contribution in [0.3, 0.4) is 0 Å². The van der Waals surface area contributed by atoms with E-state index in [2.05, 4.69) is 11.4 Å². The van der Waals surface area contributed by atoms with Gasteiger partial charge in [0.15, 0.2) is 0 Å². The fourth-order valence-corrected chi connectivity index (χ4v) is 2.65. The lowest BCUT2D eigenvalue weighted by atomic mass is 10.1. The number of rotatable bonds is 4. The minimum absolute atomic E-state index is 0.0595. The molecule has 0 unspecified atom stereocenters. The molecule has 0 radical (unpaired) electrons. The van der Waals surface area contributed by atoms with Crippen LogP contribution in [-0.2, 0) is 6.42 Å². The minimum Gasteiger partial charge on any atom is -0.349 e. The third kappa shape index (κ3) is 3.59. The zero-order valence-electron chi connectivity index (χ0n) is 10.0. The van der Waals surface area contributed by atoms with Gasteiger partial charge in [0.25, 0.3) is 5.91 Å². The van der Waals surface area contributed by atoms with Crippen LogP contribution in [0.25, 0.3) is 0 Å². The van der Waals surface area contributed by atoms with Gasteiger partial charge in [-0.3, -0.25) is 4.79 Å². The molecular formula is C14H14ClNOS. The molecular weight excluding hydrogens is 266 g/mol. The smallest absolute Gasteiger partial charge is 0.251 e. The number of thiophene rings is 1. The van der Waals surface area contributed by atoms with Crippen LogP contribution < -0.4 is 5.32 Å². The Morgan fingerprint density at radius 1 is 1.33 bits per heavy atom. The third-order valence-electron chi connectivity index (χ3n) is 2.57. The number of nitrogens with one attached hydrogen (secondary N) is 1. The lowest BCUT2D eigenvalue weighted by molar-refractivity contribution is 0.0940. The van der Waals surface area contributed by atoms with Gasteiger partial charge in [-0.1, -0.05) is 17.7 Å². The molecule has 18 heavy (non-hydrogen) atoms. The second kappa shape index (κ2) is 6.03. The zero-order valence-corrected chi connectivity index (χ0v) is 11.6. The Bertz CT molecular complexity index is 507. The molecule has 2 nitrogen and oxygen atoms in total. The lowest BCUT2D eigenvalue weighted by Gasteiger charge is -2.12. The van der Waals surface area contributed by atoms with E-state index in [4.69, 9.17) is 11.6 Å². The van der Waals surface area contributed by atoms with Crippen LogP contribution >= 0.6 is 22.9 Å². The summed E-state index contributed by atoms with van der Waals surface area (Å²) >= 11 is 7.49. The van der Waals surface area contributed by atoms with E-state index in [0.29, 0.717) is 10.6 Å². The van der Waals surface area contributed by atoms with Crippen LogP contribution in [-0.4, -0.2) is 11.9 Å². The van der Waals surface area contributed by atoms with Gasteiger partial charge in [-0.15, -0.1) is 11.3 Å². The highest BCUT2D eigenvalue weighted by Gasteiger charge is 2.10. The summed E-state index contributed by atoms with van der Waals surface area (Å²) in [5.41, 5.74) is 0.637. The predicted octanol–water partition coefficient (Wildman–Crippen LogP) is 3.76. The molecule has 0 aliphatic carbocycles. The molecule has 2 rings (SSSR count). The van der Waals surface area contributed by atoms with E-state index in [1.54, 1.807) is 35.6 Å². The van der Waals surface area contributed by atoms with Crippen LogP contribution in [0.2, 0.25) is 5.02 Å². The van der Waals surface area contributed by atoms with Crippen molar-refractivity contribution in [3.63, 3.8) is 0 Å². The Hall–Kier alpha value is -1.32. The topological polar surface area (TPSA) is 29.1 Å². The lowest BCUT2D eigenvalue weighted by Crippen LogP contribution is -2.33. The SMILES string of the molecule is C[C@H](Cc1cccs1)NC(=O)c1ccc(Cl)cc1. The first-order valence-corrected chi connectivity index (χ1v) is 7.00. The summed E-state index contributed by atoms with van der Waals surface area (Å²) in [7, 11) is 0. The van der Waals surface area contributed by atoms with Gasteiger partial charge in [0.05, 0.1) is 0 Å². The maximum atomic E-state index is 11.9. The van der Waals surface area contributed by atoms with Crippen molar-refractivity contribution in [1.29, 1.82) is 0 Å². The molecule has 0 fully saturated rings. The van der Waals surface area contributed by atoms with Gasteiger partial charge in [-0.2, -0.15) is 0 Å². The third-order valence-corrected chi connectivity index (χ3v) is 3.72. The van der Waals surface area contributed by atoms with Crippen molar-refractivity contribution in [3.8, 4) is 0 Å². The number of benzene rings is 1. The summed E-state index contributed by atoms with van der Waals surface area (Å²) in [4.78, 5) is 13.2. The van der Waals surface area contributed by atoms with Crippen LogP contribution in [0.15, 0.2) is 41.8 Å². The number of carbonyl (C=O) groups excluding carboxylic acids is 1. The maximum absolute atomic E-state index is 11.9. The van der Waals surface area contributed by atoms with Crippen LogP contribution in [0.4, 0.5) is 0 Å². The largest absolute Gasteiger partial charge is 0.349 e. The second-order valence-corrected chi connectivity index (χ2v) is 5.63. The monoisotopic (exact) mass is 279 g/mol. The summed E-state index contributed by atoms with van der Waals surface area (Å²) in [6.07, 6.45) is 0.858. The van der Waals surface area contributed by atoms with E-state index < -0.39 is 0 Å². The highest BCUT2D eigenvalue weighted by atomic mass is 35.5. The van der Waals surface area contributed by atoms with E-state index in [9.17, 15) is 4.79 Å². The second-order valence-electron chi connectivity index (χ2n) is 4.16. The number of amides is 1. The Labute approximate surface area is 116 Å². The Kier molecular flexibility index (Phi) is 4.39. The molecule has 1 atom stereocenters. The summed E-state index contributed by atoms with van der Waals surface area (Å²) in [6, 6.07) is 11.1. The molecule has 2 aromatic rings. The highest BCUT2D eigenvalue weighted by molar-refractivity contribution is 7.09. The summed E-state index contributed by atoms with van der Waals surface area (Å²) in [5.74, 6) is -0.0595. The van der Waals surface area contributed by atoms with Crippen molar-refractivity contribution in [3.05, 3.63) is 57.2 Å². The molecule has 0 bridgehead atoms. The van der Waals surface area contributed by atoms with Crippen LogP contribution in [0, 0.1) is 0 Å². The van der Waals surface area contributed by atoms with Gasteiger partial charge in [0.2, 0.25) is 0 Å². The van der Waals surface area contributed by atoms with Crippen molar-refractivity contribution < 1.29 is 4.79 Å². The molecule has 94 valence electrons. The molecule has 0 saturated heterocycles. The van der Waals surface area contributed by atoms with E-state index >= 15 is 0 Å². The van der Waals surface area contributed by atoms with Crippen LogP contribution in [0.1, 0.15) is 22.2 Å². The number of halogens is 1. The molecule has 4 heteroatoms. The van der Waals surface area contributed by atoms with Gasteiger partial charge in [-0.05, 0) is 42.6 Å². The first-order chi connectivity index (χ1) is 8.65. The molecule has 1 amide bonds. The summed E-state index contributed by atoms with van der Waals surface area (Å²) in [5, 5.41) is 5.66. The fraction of sp³-hybridized carbons (Fsp3) is 0.214. The molecule has 1 heterocycles. The predicted molar refractivity (Wildman–Crippen MR) is 76.4 cm³/mol. The van der Waals surface area contributed by atoms with Gasteiger partial charge in [0, 0.05) is 27.9 Å². The van der Waals surface area contributed by atoms with Gasteiger partial charge in [0.1, 0.15) is 0 Å². The van der Waals surface area contributed by atoms with Crippen molar-refractivity contribution in [1.82, 2.24) is 5.32 Å². The number of hydrogen-bond acceptors (Lipinski definition) is 2. The van der Waals surface area contributed by atoms with E-state index in [-0.39, 0.29) is 11.9 Å². The van der Waals surface area contributed by atoms with Crippen molar-refractivity contribution in [2.24, 2.45) is 0 Å². The molecule has 0 saturated carbocycles. The standard InChI is InChI=1S/C14H14ClNOS/c1-10(9-13-3-2-8-18-13)16-14(17)11-4-6-12(15)7-5-11/h2-8,10H,9H2,1H3,(H,16,17)/t10-/m1/s1. The first-order valence-electron chi connectivity index (χ1n) is 5.74. The van der Waals surface area contributed by atoms with Crippen molar-refractivity contribution >= 4 is 28.8 Å². The molecule has 0 aliphatic heterocycles. The average molecular weight is 280 g/mol. The van der Waals surface area contributed by atoms with Gasteiger partial charge < -0.3 is 5.32 Å². The first kappa shape index (κ1) is 13.1. The summed E-state index contributed by atoms with van der Waals surface area (Å²) in [6.45, 7) is 2.01. The zero-order chi connectivity index (χ0) is 13.0. The Morgan fingerprint density at radius 3 is 2.67 bits per heavy atom. The Morgan fingerprint density at radius 2 is 2.06 bits per heavy atom. The quantitative estimate of drug-likeness (QED) is 0.907. The minimum atomic E-state index is -0.0595. The highest BCUT2D eigenvalue weighted by Crippen LogP contribution is 2.12. The van der Waals surface area contributed by atoms with E-state index in [0.717, 1.165) is 6.42 Å². The normalized spacial score (nSPS) is 12.1. The molecule has 1 aromatic heterocycles. The van der Waals surface area contributed by atoms with E-state index in [1.165, 1.54) is 4.88 Å². The maximum Gasteiger partial charge on any atom is 0.251 e. The molecule has 0 aliphatic rings. The van der Waals surface area contributed by atoms with Crippen LogP contribution in [0.5, 0.6) is 0 Å². The molecule has 1 aromatic carbocycles.